The van der Waals surface area contributed by atoms with Crippen LogP contribution >= 0.6 is 11.9 Å². The van der Waals surface area contributed by atoms with E-state index in [1.54, 1.807) is 18.2 Å². The fourth-order valence-corrected chi connectivity index (χ4v) is 6.08. The standard InChI is InChI=1S/C24H25F4N3OS/c1-2-33-30-21-20(31(13-24(21,27)28)22(32)23-10-14(11-23)12-23)9-18-4-3-5-19(29-18)15-6-16(25)8-17(26)7-15/h3-8,14,20-21,30H,2,9-13H2,1H3/t14?,20-,21+,23?/m0/s1. The second-order valence-corrected chi connectivity index (χ2v) is 10.5. The van der Waals surface area contributed by atoms with Crippen molar-refractivity contribution in [3.05, 3.63) is 53.7 Å². The zero-order valence-electron chi connectivity index (χ0n) is 18.2. The molecule has 176 valence electrons. The van der Waals surface area contributed by atoms with Crippen LogP contribution in [0.15, 0.2) is 36.4 Å². The molecule has 3 aliphatic carbocycles. The molecule has 4 nitrogen and oxygen atoms in total. The molecule has 9 heteroatoms. The molecule has 1 amide bonds. The fourth-order valence-electron chi connectivity index (χ4n) is 5.41. The van der Waals surface area contributed by atoms with Crippen LogP contribution in [-0.2, 0) is 11.2 Å². The lowest BCUT2D eigenvalue weighted by molar-refractivity contribution is -0.178. The Bertz CT molecular complexity index is 1040. The minimum absolute atomic E-state index is 0.119. The number of rotatable bonds is 7. The number of aromatic nitrogens is 1. The molecule has 2 heterocycles. The number of hydrogen-bond acceptors (Lipinski definition) is 4. The quantitative estimate of drug-likeness (QED) is 0.456. The third-order valence-electron chi connectivity index (χ3n) is 7.11. The minimum Gasteiger partial charge on any atom is -0.331 e. The van der Waals surface area contributed by atoms with E-state index in [9.17, 15) is 13.6 Å². The summed E-state index contributed by atoms with van der Waals surface area (Å²) in [5.41, 5.74) is 0.647. The van der Waals surface area contributed by atoms with E-state index < -0.39 is 41.6 Å². The minimum atomic E-state index is -3.07. The maximum absolute atomic E-state index is 15.1. The molecule has 1 saturated heterocycles. The van der Waals surface area contributed by atoms with Crippen molar-refractivity contribution in [3.63, 3.8) is 0 Å². The highest BCUT2D eigenvalue weighted by atomic mass is 32.2. The number of nitrogens with zero attached hydrogens (tertiary/aromatic N) is 2. The Morgan fingerprint density at radius 1 is 1.18 bits per heavy atom. The number of nitrogens with one attached hydrogen (secondary N) is 1. The predicted molar refractivity (Wildman–Crippen MR) is 119 cm³/mol. The number of amides is 1. The lowest BCUT2D eigenvalue weighted by Crippen LogP contribution is -2.62. The van der Waals surface area contributed by atoms with Gasteiger partial charge in [0.2, 0.25) is 5.91 Å². The molecule has 1 aromatic carbocycles. The van der Waals surface area contributed by atoms with Crippen LogP contribution in [0.5, 0.6) is 0 Å². The summed E-state index contributed by atoms with van der Waals surface area (Å²) < 4.78 is 60.4. The van der Waals surface area contributed by atoms with Crippen molar-refractivity contribution < 1.29 is 22.4 Å². The first-order valence-electron chi connectivity index (χ1n) is 11.2. The molecule has 2 bridgehead atoms. The van der Waals surface area contributed by atoms with E-state index in [4.69, 9.17) is 0 Å². The highest BCUT2D eigenvalue weighted by Crippen LogP contribution is 2.65. The Balaban J connectivity index is 1.44. The van der Waals surface area contributed by atoms with Crippen LogP contribution in [0.2, 0.25) is 0 Å². The molecule has 1 N–H and O–H groups in total. The Labute approximate surface area is 194 Å². The average molecular weight is 480 g/mol. The molecule has 6 rings (SSSR count). The van der Waals surface area contributed by atoms with E-state index in [1.807, 2.05) is 6.92 Å². The van der Waals surface area contributed by atoms with Gasteiger partial charge in [0.25, 0.3) is 5.92 Å². The molecule has 0 unspecified atom stereocenters. The van der Waals surface area contributed by atoms with E-state index in [-0.39, 0.29) is 17.9 Å². The van der Waals surface area contributed by atoms with Crippen LogP contribution in [-0.4, -0.2) is 46.1 Å². The van der Waals surface area contributed by atoms with Crippen LogP contribution in [0.1, 0.15) is 31.9 Å². The molecule has 33 heavy (non-hydrogen) atoms. The summed E-state index contributed by atoms with van der Waals surface area (Å²) in [5, 5.41) is 0. The number of carbonyl (C=O) groups excluding carboxylic acids is 1. The van der Waals surface area contributed by atoms with Crippen molar-refractivity contribution in [1.82, 2.24) is 14.6 Å². The summed E-state index contributed by atoms with van der Waals surface area (Å²) >= 11 is 1.20. The lowest BCUT2D eigenvalue weighted by atomic mass is 9.44. The summed E-state index contributed by atoms with van der Waals surface area (Å²) in [6.45, 7) is 1.26. The van der Waals surface area contributed by atoms with Crippen LogP contribution in [0.4, 0.5) is 17.6 Å². The monoisotopic (exact) mass is 479 g/mol. The zero-order valence-corrected chi connectivity index (χ0v) is 19.0. The lowest BCUT2D eigenvalue weighted by Gasteiger charge is -2.61. The van der Waals surface area contributed by atoms with E-state index >= 15 is 8.78 Å². The summed E-state index contributed by atoms with van der Waals surface area (Å²) in [5.74, 6) is -3.52. The van der Waals surface area contributed by atoms with E-state index in [1.165, 1.54) is 29.0 Å². The van der Waals surface area contributed by atoms with Crippen LogP contribution in [0.25, 0.3) is 11.3 Å². The summed E-state index contributed by atoms with van der Waals surface area (Å²) in [7, 11) is 0. The van der Waals surface area contributed by atoms with E-state index in [0.29, 0.717) is 23.1 Å². The van der Waals surface area contributed by atoms with E-state index in [0.717, 1.165) is 25.3 Å². The number of pyridine rings is 1. The summed E-state index contributed by atoms with van der Waals surface area (Å²) in [6.07, 6.45) is 2.50. The first-order valence-corrected chi connectivity index (χ1v) is 12.2. The summed E-state index contributed by atoms with van der Waals surface area (Å²) in [6, 6.07) is 6.16. The second-order valence-electron chi connectivity index (χ2n) is 9.43. The fraction of sp³-hybridized carbons (Fsp3) is 0.500. The van der Waals surface area contributed by atoms with Gasteiger partial charge in [-0.3, -0.25) is 14.5 Å². The van der Waals surface area contributed by atoms with Gasteiger partial charge in [-0.25, -0.2) is 17.6 Å². The Morgan fingerprint density at radius 2 is 1.88 bits per heavy atom. The number of benzene rings is 1. The predicted octanol–water partition coefficient (Wildman–Crippen LogP) is 4.84. The first kappa shape index (κ1) is 22.7. The second kappa shape index (κ2) is 8.27. The largest absolute Gasteiger partial charge is 0.331 e. The van der Waals surface area contributed by atoms with Crippen molar-refractivity contribution in [2.75, 3.05) is 12.3 Å². The molecule has 0 radical (unpaired) electrons. The third kappa shape index (κ3) is 4.03. The van der Waals surface area contributed by atoms with Crippen molar-refractivity contribution >= 4 is 17.9 Å². The smallest absolute Gasteiger partial charge is 0.283 e. The number of halogens is 4. The van der Waals surface area contributed by atoms with Gasteiger partial charge in [0.05, 0.1) is 23.7 Å². The summed E-state index contributed by atoms with van der Waals surface area (Å²) in [4.78, 5) is 19.2. The topological polar surface area (TPSA) is 45.2 Å². The number of hydrogen-bond donors (Lipinski definition) is 1. The van der Waals surface area contributed by atoms with Crippen LogP contribution in [0.3, 0.4) is 0 Å². The zero-order chi connectivity index (χ0) is 23.4. The van der Waals surface area contributed by atoms with Crippen molar-refractivity contribution in [3.8, 4) is 11.3 Å². The molecule has 1 aromatic heterocycles. The normalized spacial score (nSPS) is 29.5. The van der Waals surface area contributed by atoms with Crippen LogP contribution in [0, 0.1) is 23.0 Å². The van der Waals surface area contributed by atoms with Gasteiger partial charge >= 0.3 is 0 Å². The molecule has 2 atom stereocenters. The average Bonchev–Trinajstić information content (AvgIpc) is 2.93. The van der Waals surface area contributed by atoms with E-state index in [2.05, 4.69) is 9.71 Å². The first-order chi connectivity index (χ1) is 15.7. The highest BCUT2D eigenvalue weighted by Gasteiger charge is 2.66. The Morgan fingerprint density at radius 3 is 2.48 bits per heavy atom. The maximum Gasteiger partial charge on any atom is 0.283 e. The maximum atomic E-state index is 15.1. The van der Waals surface area contributed by atoms with Crippen molar-refractivity contribution in [2.24, 2.45) is 11.3 Å². The molecule has 4 fully saturated rings. The van der Waals surface area contributed by atoms with Gasteiger partial charge in [-0.15, -0.1) is 0 Å². The van der Waals surface area contributed by atoms with Gasteiger partial charge in [-0.1, -0.05) is 24.9 Å². The molecule has 2 aromatic rings. The number of likely N-dealkylation sites (tertiary alicyclic amines) is 1. The van der Waals surface area contributed by atoms with Crippen molar-refractivity contribution in [2.45, 2.75) is 50.6 Å². The molecular weight excluding hydrogens is 454 g/mol. The van der Waals surface area contributed by atoms with Gasteiger partial charge in [-0.2, -0.15) is 0 Å². The molecule has 1 aliphatic heterocycles. The van der Waals surface area contributed by atoms with Gasteiger partial charge in [0.1, 0.15) is 17.7 Å². The number of carbonyl (C=O) groups is 1. The van der Waals surface area contributed by atoms with Gasteiger partial charge in [-0.05, 0) is 49.4 Å². The SMILES string of the molecule is CCSN[C@@H]1[C@H](Cc2cccc(-c3cc(F)cc(F)c3)n2)N(C(=O)C23CC(C2)C3)CC1(F)F. The van der Waals surface area contributed by atoms with Gasteiger partial charge in [0, 0.05) is 29.5 Å². The third-order valence-corrected chi connectivity index (χ3v) is 7.82. The van der Waals surface area contributed by atoms with Gasteiger partial charge in [0.15, 0.2) is 0 Å². The Hall–Kier alpha value is -2.13. The number of alkyl halides is 2. The van der Waals surface area contributed by atoms with Gasteiger partial charge < -0.3 is 4.90 Å². The van der Waals surface area contributed by atoms with Crippen molar-refractivity contribution in [1.29, 1.82) is 0 Å². The molecule has 4 aliphatic rings. The molecule has 0 spiro atoms. The van der Waals surface area contributed by atoms with Crippen LogP contribution < -0.4 is 4.72 Å². The molecule has 3 saturated carbocycles. The highest BCUT2D eigenvalue weighted by molar-refractivity contribution is 7.97. The Kier molecular flexibility index (Phi) is 5.68. The molecular formula is C24H25F4N3OS.